The number of unbranched alkanes of at least 4 members (excludes halogenated alkanes) is 2. The van der Waals surface area contributed by atoms with Crippen molar-refractivity contribution in [1.82, 2.24) is 20.0 Å². The zero-order valence-corrected chi connectivity index (χ0v) is 22.5. The molecule has 0 fully saturated rings. The number of hydrogen-bond donors (Lipinski definition) is 2. The molecule has 0 bridgehead atoms. The van der Waals surface area contributed by atoms with Crippen LogP contribution < -0.4 is 10.6 Å². The summed E-state index contributed by atoms with van der Waals surface area (Å²) in [6.07, 6.45) is 2.91. The van der Waals surface area contributed by atoms with Crippen LogP contribution >= 0.6 is 0 Å². The molecule has 0 atom stereocenters. The summed E-state index contributed by atoms with van der Waals surface area (Å²) in [4.78, 5) is 27.6. The second-order valence-electron chi connectivity index (χ2n) is 11.2. The van der Waals surface area contributed by atoms with E-state index in [1.54, 1.807) is 9.58 Å². The van der Waals surface area contributed by atoms with Gasteiger partial charge < -0.3 is 15.5 Å². The van der Waals surface area contributed by atoms with Gasteiger partial charge in [-0.2, -0.15) is 5.10 Å². The number of aromatic nitrogens is 2. The fourth-order valence-corrected chi connectivity index (χ4v) is 3.62. The number of anilines is 1. The van der Waals surface area contributed by atoms with Crippen molar-refractivity contribution >= 4 is 17.8 Å². The molecule has 0 aliphatic carbocycles. The Kier molecular flexibility index (Phi) is 8.92. The summed E-state index contributed by atoms with van der Waals surface area (Å²) in [5, 5.41) is 10.8. The van der Waals surface area contributed by atoms with Gasteiger partial charge >= 0.3 is 6.03 Å². The van der Waals surface area contributed by atoms with Gasteiger partial charge in [0, 0.05) is 23.6 Å². The lowest BCUT2D eigenvalue weighted by molar-refractivity contribution is -0.116. The second kappa shape index (κ2) is 11.1. The highest BCUT2D eigenvalue weighted by Gasteiger charge is 2.25. The van der Waals surface area contributed by atoms with Crippen LogP contribution in [0, 0.1) is 13.8 Å². The number of hydrogen-bond acceptors (Lipinski definition) is 3. The van der Waals surface area contributed by atoms with Gasteiger partial charge in [-0.3, -0.25) is 4.79 Å². The summed E-state index contributed by atoms with van der Waals surface area (Å²) in [6.45, 7) is 18.8. The highest BCUT2D eigenvalue weighted by molar-refractivity contribution is 5.94. The van der Waals surface area contributed by atoms with E-state index in [4.69, 9.17) is 5.10 Å². The van der Waals surface area contributed by atoms with Gasteiger partial charge in [0.2, 0.25) is 5.91 Å². The SMILES string of the molecule is CCCCCN(CC(=O)Nc1cc(C(C)(C)C)nn1-c1ccc(C)cc1C)C(=O)NC(C)(C)C. The van der Waals surface area contributed by atoms with Crippen LogP contribution in [0.4, 0.5) is 10.6 Å². The van der Waals surface area contributed by atoms with Crippen LogP contribution in [-0.4, -0.2) is 45.2 Å². The van der Waals surface area contributed by atoms with Gasteiger partial charge in [-0.1, -0.05) is 58.2 Å². The van der Waals surface area contributed by atoms with Crippen LogP contribution in [0.2, 0.25) is 0 Å². The molecule has 34 heavy (non-hydrogen) atoms. The van der Waals surface area contributed by atoms with Crippen molar-refractivity contribution in [2.75, 3.05) is 18.4 Å². The van der Waals surface area contributed by atoms with Gasteiger partial charge in [0.05, 0.1) is 11.4 Å². The molecule has 188 valence electrons. The molecule has 0 aliphatic rings. The summed E-state index contributed by atoms with van der Waals surface area (Å²) < 4.78 is 1.80. The quantitative estimate of drug-likeness (QED) is 0.485. The van der Waals surface area contributed by atoms with Crippen molar-refractivity contribution in [3.63, 3.8) is 0 Å². The maximum atomic E-state index is 13.1. The standard InChI is InChI=1S/C27H43N5O2/c1-10-11-12-15-31(25(34)29-27(7,8)9)18-24(33)28-23-17-22(26(4,5)6)30-32(23)21-14-13-19(2)16-20(21)3/h13-14,16-17H,10-12,15,18H2,1-9H3,(H,28,33)(H,29,34). The van der Waals surface area contributed by atoms with Gasteiger partial charge in [-0.15, -0.1) is 0 Å². The molecule has 7 heteroatoms. The molecule has 7 nitrogen and oxygen atoms in total. The molecule has 1 heterocycles. The molecule has 0 radical (unpaired) electrons. The Morgan fingerprint density at radius 1 is 1.03 bits per heavy atom. The number of carbonyl (C=O) groups is 2. The van der Waals surface area contributed by atoms with Crippen molar-refractivity contribution in [2.45, 2.75) is 92.5 Å². The predicted octanol–water partition coefficient (Wildman–Crippen LogP) is 5.73. The van der Waals surface area contributed by atoms with Crippen molar-refractivity contribution in [3.05, 3.63) is 41.1 Å². The van der Waals surface area contributed by atoms with Crippen molar-refractivity contribution in [3.8, 4) is 5.69 Å². The minimum Gasteiger partial charge on any atom is -0.333 e. The Labute approximate surface area is 205 Å². The Bertz CT molecular complexity index is 995. The number of benzene rings is 1. The molecular weight excluding hydrogens is 426 g/mol. The third kappa shape index (κ3) is 7.89. The second-order valence-corrected chi connectivity index (χ2v) is 11.2. The fraction of sp³-hybridized carbons (Fsp3) is 0.593. The molecule has 0 aliphatic heterocycles. The first-order chi connectivity index (χ1) is 15.7. The molecule has 2 rings (SSSR count). The molecule has 0 saturated carbocycles. The highest BCUT2D eigenvalue weighted by Crippen LogP contribution is 2.27. The topological polar surface area (TPSA) is 79.3 Å². The molecule has 3 amide bonds. The fourth-order valence-electron chi connectivity index (χ4n) is 3.62. The van der Waals surface area contributed by atoms with E-state index in [0.29, 0.717) is 12.4 Å². The van der Waals surface area contributed by atoms with E-state index in [2.05, 4.69) is 51.3 Å². The van der Waals surface area contributed by atoms with Crippen molar-refractivity contribution in [2.24, 2.45) is 0 Å². The Morgan fingerprint density at radius 2 is 1.71 bits per heavy atom. The van der Waals surface area contributed by atoms with Gasteiger partial charge in [-0.25, -0.2) is 9.48 Å². The molecule has 1 aromatic carbocycles. The van der Waals surface area contributed by atoms with Gasteiger partial charge in [-0.05, 0) is 52.7 Å². The van der Waals surface area contributed by atoms with Crippen LogP contribution in [0.15, 0.2) is 24.3 Å². The largest absolute Gasteiger partial charge is 0.333 e. The van der Waals surface area contributed by atoms with E-state index in [1.165, 1.54) is 5.56 Å². The third-order valence-corrected chi connectivity index (χ3v) is 5.46. The number of aryl methyl sites for hydroxylation is 2. The van der Waals surface area contributed by atoms with E-state index in [-0.39, 0.29) is 29.4 Å². The first-order valence-electron chi connectivity index (χ1n) is 12.3. The first kappa shape index (κ1) is 27.4. The molecule has 2 aromatic rings. The molecule has 0 spiro atoms. The van der Waals surface area contributed by atoms with E-state index in [0.717, 1.165) is 36.2 Å². The molecule has 0 saturated heterocycles. The molecule has 0 unspecified atom stereocenters. The summed E-state index contributed by atoms with van der Waals surface area (Å²) in [5.41, 5.74) is 3.49. The molecular formula is C27H43N5O2. The zero-order valence-electron chi connectivity index (χ0n) is 22.5. The lowest BCUT2D eigenvalue weighted by Gasteiger charge is -2.28. The molecule has 1 aromatic heterocycles. The minimum atomic E-state index is -0.375. The maximum Gasteiger partial charge on any atom is 0.318 e. The van der Waals surface area contributed by atoms with E-state index in [9.17, 15) is 9.59 Å². The van der Waals surface area contributed by atoms with Crippen LogP contribution in [0.5, 0.6) is 0 Å². The average Bonchev–Trinajstić information content (AvgIpc) is 3.10. The van der Waals surface area contributed by atoms with E-state index >= 15 is 0 Å². The monoisotopic (exact) mass is 469 g/mol. The summed E-state index contributed by atoms with van der Waals surface area (Å²) >= 11 is 0. The van der Waals surface area contributed by atoms with Crippen molar-refractivity contribution < 1.29 is 9.59 Å². The normalized spacial score (nSPS) is 11.9. The summed E-state index contributed by atoms with van der Waals surface area (Å²) in [5.74, 6) is 0.360. The predicted molar refractivity (Wildman–Crippen MR) is 140 cm³/mol. The third-order valence-electron chi connectivity index (χ3n) is 5.46. The summed E-state index contributed by atoms with van der Waals surface area (Å²) in [7, 11) is 0. The summed E-state index contributed by atoms with van der Waals surface area (Å²) in [6, 6.07) is 7.86. The van der Waals surface area contributed by atoms with E-state index < -0.39 is 0 Å². The Balaban J connectivity index is 2.31. The van der Waals surface area contributed by atoms with Crippen LogP contribution in [-0.2, 0) is 10.2 Å². The first-order valence-corrected chi connectivity index (χ1v) is 12.3. The van der Waals surface area contributed by atoms with Crippen molar-refractivity contribution in [1.29, 1.82) is 0 Å². The van der Waals surface area contributed by atoms with Crippen LogP contribution in [0.1, 0.15) is 84.5 Å². The number of nitrogens with zero attached hydrogens (tertiary/aromatic N) is 3. The van der Waals surface area contributed by atoms with Crippen LogP contribution in [0.25, 0.3) is 5.69 Å². The Morgan fingerprint density at radius 3 is 2.26 bits per heavy atom. The van der Waals surface area contributed by atoms with E-state index in [1.807, 2.05) is 45.9 Å². The van der Waals surface area contributed by atoms with Crippen LogP contribution in [0.3, 0.4) is 0 Å². The lowest BCUT2D eigenvalue weighted by Crippen LogP contribution is -2.50. The number of rotatable bonds is 8. The van der Waals surface area contributed by atoms with Gasteiger partial charge in [0.1, 0.15) is 12.4 Å². The number of carbonyl (C=O) groups excluding carboxylic acids is 2. The number of nitrogens with one attached hydrogen (secondary N) is 2. The Hall–Kier alpha value is -2.83. The highest BCUT2D eigenvalue weighted by atomic mass is 16.2. The van der Waals surface area contributed by atoms with Gasteiger partial charge in [0.15, 0.2) is 0 Å². The number of urea groups is 1. The maximum absolute atomic E-state index is 13.1. The minimum absolute atomic E-state index is 0.0193. The van der Waals surface area contributed by atoms with Gasteiger partial charge in [0.25, 0.3) is 0 Å². The lowest BCUT2D eigenvalue weighted by atomic mass is 9.92. The average molecular weight is 470 g/mol. The smallest absolute Gasteiger partial charge is 0.318 e. The molecule has 2 N–H and O–H groups in total. The zero-order chi connectivity index (χ0) is 25.7. The number of amides is 3.